The number of rotatable bonds is 4. The average Bonchev–Trinajstić information content (AvgIpc) is 3.45. The quantitative estimate of drug-likeness (QED) is 0.390. The van der Waals surface area contributed by atoms with Crippen molar-refractivity contribution >= 4 is 22.9 Å². The zero-order valence-electron chi connectivity index (χ0n) is 20.4. The highest BCUT2D eigenvalue weighted by Gasteiger charge is 2.32. The van der Waals surface area contributed by atoms with E-state index in [9.17, 15) is 9.18 Å². The minimum atomic E-state index is -0.547. The number of carbonyl (C=O) groups excluding carboxylic acids is 1. The summed E-state index contributed by atoms with van der Waals surface area (Å²) < 4.78 is 26.9. The lowest BCUT2D eigenvalue weighted by atomic mass is 10.1. The van der Waals surface area contributed by atoms with Crippen LogP contribution in [0.1, 0.15) is 33.2 Å². The maximum Gasteiger partial charge on any atom is 0.410 e. The second-order valence-electron chi connectivity index (χ2n) is 9.86. The van der Waals surface area contributed by atoms with Gasteiger partial charge in [-0.1, -0.05) is 18.2 Å². The molecule has 3 heterocycles. The largest absolute Gasteiger partial charge is 0.457 e. The van der Waals surface area contributed by atoms with Gasteiger partial charge in [-0.2, -0.15) is 0 Å². The van der Waals surface area contributed by atoms with Gasteiger partial charge in [-0.3, -0.25) is 0 Å². The lowest BCUT2D eigenvalue weighted by molar-refractivity contribution is 0.0289. The molecule has 1 atom stereocenters. The molecular formula is C27H28FN5O3. The van der Waals surface area contributed by atoms with Gasteiger partial charge in [0.25, 0.3) is 0 Å². The van der Waals surface area contributed by atoms with Gasteiger partial charge in [-0.25, -0.2) is 19.2 Å². The zero-order valence-corrected chi connectivity index (χ0v) is 20.4. The van der Waals surface area contributed by atoms with Crippen LogP contribution in [0.2, 0.25) is 0 Å². The topological polar surface area (TPSA) is 95.5 Å². The molecule has 36 heavy (non-hydrogen) atoms. The molecule has 2 aromatic carbocycles. The molecule has 0 unspecified atom stereocenters. The Labute approximate surface area is 208 Å². The molecule has 5 rings (SSSR count). The summed E-state index contributed by atoms with van der Waals surface area (Å²) in [5.74, 6) is 1.04. The Morgan fingerprint density at radius 3 is 2.61 bits per heavy atom. The van der Waals surface area contributed by atoms with Crippen LogP contribution in [-0.4, -0.2) is 44.2 Å². The fourth-order valence-corrected chi connectivity index (χ4v) is 4.44. The maximum absolute atomic E-state index is 13.5. The Kier molecular flexibility index (Phi) is 5.99. The third-order valence-corrected chi connectivity index (χ3v) is 6.04. The van der Waals surface area contributed by atoms with Crippen molar-refractivity contribution in [3.05, 3.63) is 66.9 Å². The van der Waals surface area contributed by atoms with E-state index in [1.807, 2.05) is 51.2 Å². The standard InChI is InChI=1S/C27H28FN5O3/c1-27(2,3)36-26(34)32-12-11-19(14-32)33-15-22(23-24(29)30-16-31-25(23)33)17-7-9-20(10-8-17)35-21-6-4-5-18(28)13-21/h4-10,13,15-16,19H,11-12,14H2,1-3H3,(H2,29,30,31)/t19-/m1/s1. The zero-order chi connectivity index (χ0) is 25.4. The third kappa shape index (κ3) is 4.82. The normalized spacial score (nSPS) is 15.9. The van der Waals surface area contributed by atoms with E-state index in [4.69, 9.17) is 15.2 Å². The molecule has 0 spiro atoms. The second-order valence-corrected chi connectivity index (χ2v) is 9.86. The van der Waals surface area contributed by atoms with E-state index in [0.717, 1.165) is 22.9 Å². The lowest BCUT2D eigenvalue weighted by Crippen LogP contribution is -2.35. The number of fused-ring (bicyclic) bond motifs is 1. The van der Waals surface area contributed by atoms with Gasteiger partial charge in [-0.05, 0) is 57.0 Å². The monoisotopic (exact) mass is 489 g/mol. The van der Waals surface area contributed by atoms with Crippen molar-refractivity contribution in [2.75, 3.05) is 18.8 Å². The molecule has 1 fully saturated rings. The van der Waals surface area contributed by atoms with Crippen LogP contribution >= 0.6 is 0 Å². The minimum absolute atomic E-state index is 0.0265. The van der Waals surface area contributed by atoms with E-state index < -0.39 is 5.60 Å². The molecule has 1 amide bonds. The SMILES string of the molecule is CC(C)(C)OC(=O)N1CC[C@@H](n2cc(-c3ccc(Oc4cccc(F)c4)cc3)c3c(N)ncnc32)C1. The van der Waals surface area contributed by atoms with Crippen LogP contribution in [0.25, 0.3) is 22.2 Å². The van der Waals surface area contributed by atoms with E-state index in [1.165, 1.54) is 18.5 Å². The number of hydrogen-bond acceptors (Lipinski definition) is 6. The van der Waals surface area contributed by atoms with Crippen molar-refractivity contribution in [3.63, 3.8) is 0 Å². The van der Waals surface area contributed by atoms with Crippen LogP contribution in [0.15, 0.2) is 61.1 Å². The Morgan fingerprint density at radius 1 is 1.11 bits per heavy atom. The molecule has 186 valence electrons. The van der Waals surface area contributed by atoms with Gasteiger partial charge in [0.05, 0.1) is 11.4 Å². The maximum atomic E-state index is 13.5. The number of ether oxygens (including phenoxy) is 2. The van der Waals surface area contributed by atoms with E-state index in [1.54, 1.807) is 17.0 Å². The smallest absolute Gasteiger partial charge is 0.410 e. The number of nitrogen functional groups attached to an aromatic ring is 1. The van der Waals surface area contributed by atoms with Crippen LogP contribution in [0.4, 0.5) is 15.0 Å². The molecular weight excluding hydrogens is 461 g/mol. The number of likely N-dealkylation sites (tertiary alicyclic amines) is 1. The van der Waals surface area contributed by atoms with E-state index in [0.29, 0.717) is 36.1 Å². The Morgan fingerprint density at radius 2 is 1.89 bits per heavy atom. The van der Waals surface area contributed by atoms with Gasteiger partial charge in [0.1, 0.15) is 40.7 Å². The van der Waals surface area contributed by atoms with Gasteiger partial charge in [-0.15, -0.1) is 0 Å². The van der Waals surface area contributed by atoms with Crippen molar-refractivity contribution in [2.24, 2.45) is 0 Å². The van der Waals surface area contributed by atoms with Crippen LogP contribution in [0.3, 0.4) is 0 Å². The van der Waals surface area contributed by atoms with Crippen molar-refractivity contribution in [1.82, 2.24) is 19.4 Å². The Hall–Kier alpha value is -4.14. The predicted molar refractivity (Wildman–Crippen MR) is 135 cm³/mol. The molecule has 0 radical (unpaired) electrons. The number of amides is 1. The van der Waals surface area contributed by atoms with Gasteiger partial charge in [0.15, 0.2) is 0 Å². The number of nitrogens with two attached hydrogens (primary N) is 1. The number of nitrogens with zero attached hydrogens (tertiary/aromatic N) is 4. The third-order valence-electron chi connectivity index (χ3n) is 6.04. The summed E-state index contributed by atoms with van der Waals surface area (Å²) in [5.41, 5.74) is 8.25. The van der Waals surface area contributed by atoms with Crippen molar-refractivity contribution in [1.29, 1.82) is 0 Å². The molecule has 1 aliphatic heterocycles. The highest BCUT2D eigenvalue weighted by Crippen LogP contribution is 2.37. The molecule has 8 nitrogen and oxygen atoms in total. The summed E-state index contributed by atoms with van der Waals surface area (Å²) in [4.78, 5) is 23.0. The predicted octanol–water partition coefficient (Wildman–Crippen LogP) is 5.79. The first-order chi connectivity index (χ1) is 17.2. The fraction of sp³-hybridized carbons (Fsp3) is 0.296. The summed E-state index contributed by atoms with van der Waals surface area (Å²) >= 11 is 0. The number of carbonyl (C=O) groups is 1. The number of halogens is 1. The van der Waals surface area contributed by atoms with E-state index in [-0.39, 0.29) is 18.0 Å². The Balaban J connectivity index is 1.43. The number of benzene rings is 2. The molecule has 0 aliphatic carbocycles. The van der Waals surface area contributed by atoms with Crippen molar-refractivity contribution in [2.45, 2.75) is 38.8 Å². The van der Waals surface area contributed by atoms with Crippen molar-refractivity contribution in [3.8, 4) is 22.6 Å². The molecule has 2 aromatic heterocycles. The highest BCUT2D eigenvalue weighted by atomic mass is 19.1. The Bertz CT molecular complexity index is 1410. The molecule has 4 aromatic rings. The first-order valence-electron chi connectivity index (χ1n) is 11.8. The van der Waals surface area contributed by atoms with Crippen LogP contribution in [0.5, 0.6) is 11.5 Å². The first kappa shape index (κ1) is 23.6. The van der Waals surface area contributed by atoms with E-state index >= 15 is 0 Å². The first-order valence-corrected chi connectivity index (χ1v) is 11.8. The number of anilines is 1. The number of aromatic nitrogens is 3. The number of hydrogen-bond donors (Lipinski definition) is 1. The molecule has 9 heteroatoms. The van der Waals surface area contributed by atoms with Crippen LogP contribution < -0.4 is 10.5 Å². The molecule has 1 aliphatic rings. The summed E-state index contributed by atoms with van der Waals surface area (Å²) in [6.07, 6.45) is 3.92. The summed E-state index contributed by atoms with van der Waals surface area (Å²) in [5, 5.41) is 0.756. The summed E-state index contributed by atoms with van der Waals surface area (Å²) in [7, 11) is 0. The fourth-order valence-electron chi connectivity index (χ4n) is 4.44. The average molecular weight is 490 g/mol. The van der Waals surface area contributed by atoms with Crippen LogP contribution in [0, 0.1) is 5.82 Å². The van der Waals surface area contributed by atoms with Crippen molar-refractivity contribution < 1.29 is 18.7 Å². The lowest BCUT2D eigenvalue weighted by Gasteiger charge is -2.24. The van der Waals surface area contributed by atoms with Gasteiger partial charge in [0.2, 0.25) is 0 Å². The molecule has 2 N–H and O–H groups in total. The molecule has 0 bridgehead atoms. The molecule has 1 saturated heterocycles. The van der Waals surface area contributed by atoms with E-state index in [2.05, 4.69) is 14.5 Å². The van der Waals surface area contributed by atoms with Gasteiger partial charge in [0, 0.05) is 30.9 Å². The van der Waals surface area contributed by atoms with Gasteiger partial charge >= 0.3 is 6.09 Å². The summed E-state index contributed by atoms with van der Waals surface area (Å²) in [6.45, 7) is 6.69. The van der Waals surface area contributed by atoms with Gasteiger partial charge < -0.3 is 24.7 Å². The highest BCUT2D eigenvalue weighted by molar-refractivity contribution is 6.00. The summed E-state index contributed by atoms with van der Waals surface area (Å²) in [6, 6.07) is 13.5. The van der Waals surface area contributed by atoms with Crippen LogP contribution in [-0.2, 0) is 4.74 Å². The molecule has 0 saturated carbocycles. The minimum Gasteiger partial charge on any atom is -0.457 e. The second kappa shape index (κ2) is 9.14.